The van der Waals surface area contributed by atoms with E-state index in [0.29, 0.717) is 4.47 Å². The Balaban J connectivity index is 3.32. The highest BCUT2D eigenvalue weighted by molar-refractivity contribution is 14.1. The van der Waals surface area contributed by atoms with Gasteiger partial charge in [-0.1, -0.05) is 0 Å². The van der Waals surface area contributed by atoms with Crippen LogP contribution in [0, 0.1) is 3.57 Å². The number of halogens is 5. The van der Waals surface area contributed by atoms with Crippen molar-refractivity contribution in [3.63, 3.8) is 0 Å². The molecule has 0 fully saturated rings. The van der Waals surface area contributed by atoms with Gasteiger partial charge in [0.05, 0.1) is 9.13 Å². The van der Waals surface area contributed by atoms with Crippen LogP contribution in [0.4, 0.5) is 13.2 Å². The lowest BCUT2D eigenvalue weighted by Crippen LogP contribution is -2.19. The van der Waals surface area contributed by atoms with Crippen LogP contribution in [-0.2, 0) is 0 Å². The number of benzene rings is 1. The second-order valence-electron chi connectivity index (χ2n) is 2.84. The van der Waals surface area contributed by atoms with Gasteiger partial charge in [-0.2, -0.15) is 0 Å². The third-order valence-corrected chi connectivity index (χ3v) is 4.12. The summed E-state index contributed by atoms with van der Waals surface area (Å²) in [6.45, 7) is 1.18. The van der Waals surface area contributed by atoms with Crippen molar-refractivity contribution in [2.75, 3.05) is 0 Å². The van der Waals surface area contributed by atoms with Crippen molar-refractivity contribution in [1.29, 1.82) is 0 Å². The first kappa shape index (κ1) is 13.8. The lowest BCUT2D eigenvalue weighted by Gasteiger charge is -2.14. The minimum atomic E-state index is -4.81. The van der Waals surface area contributed by atoms with Crippen molar-refractivity contribution in [3.05, 3.63) is 25.7 Å². The zero-order valence-electron chi connectivity index (χ0n) is 7.86. The van der Waals surface area contributed by atoms with E-state index in [0.717, 1.165) is 0 Å². The smallest absolute Gasteiger partial charge is 0.404 e. The maximum atomic E-state index is 12.1. The Bertz CT molecular complexity index is 431. The molecule has 0 aliphatic rings. The number of alkyl halides is 3. The highest BCUT2D eigenvalue weighted by atomic mass is 127. The minimum Gasteiger partial charge on any atom is -0.404 e. The maximum absolute atomic E-state index is 12.1. The molecule has 0 saturated heterocycles. The van der Waals surface area contributed by atoms with E-state index in [1.165, 1.54) is 19.1 Å². The van der Waals surface area contributed by atoms with Gasteiger partial charge < -0.3 is 4.74 Å². The molecule has 0 N–H and O–H groups in total. The highest BCUT2D eigenvalue weighted by Crippen LogP contribution is 2.35. The normalized spacial score (nSPS) is 11.4. The summed E-state index contributed by atoms with van der Waals surface area (Å²) in [5.41, 5.74) is -0.0927. The zero-order chi connectivity index (χ0) is 12.5. The number of carbonyl (C=O) groups is 1. The Labute approximate surface area is 111 Å². The number of ketones is 1. The summed E-state index contributed by atoms with van der Waals surface area (Å²) >= 11 is 4.75. The van der Waals surface area contributed by atoms with Crippen LogP contribution in [0.25, 0.3) is 0 Å². The van der Waals surface area contributed by atoms with Gasteiger partial charge in [0, 0.05) is 4.47 Å². The first-order valence-electron chi connectivity index (χ1n) is 3.97. The van der Waals surface area contributed by atoms with Crippen LogP contribution in [0.5, 0.6) is 5.75 Å². The number of rotatable bonds is 2. The molecule has 0 spiro atoms. The van der Waals surface area contributed by atoms with Gasteiger partial charge in [-0.25, -0.2) is 0 Å². The third kappa shape index (κ3) is 3.34. The van der Waals surface area contributed by atoms with Gasteiger partial charge in [0.2, 0.25) is 0 Å². The first-order chi connectivity index (χ1) is 7.22. The Morgan fingerprint density at radius 1 is 1.44 bits per heavy atom. The molecule has 2 nitrogen and oxygen atoms in total. The maximum Gasteiger partial charge on any atom is 0.573 e. The quantitative estimate of drug-likeness (QED) is 0.542. The molecule has 0 unspecified atom stereocenters. The monoisotopic (exact) mass is 408 g/mol. The molecule has 0 saturated carbocycles. The van der Waals surface area contributed by atoms with Gasteiger partial charge in [-0.05, 0) is 57.6 Å². The van der Waals surface area contributed by atoms with Crippen LogP contribution in [0.2, 0.25) is 0 Å². The molecule has 0 amide bonds. The lowest BCUT2D eigenvalue weighted by molar-refractivity contribution is -0.275. The molecule has 0 heterocycles. The van der Waals surface area contributed by atoms with E-state index in [4.69, 9.17) is 0 Å². The Hall–Kier alpha value is -0.310. The van der Waals surface area contributed by atoms with E-state index in [1.807, 2.05) is 0 Å². The second kappa shape index (κ2) is 4.91. The standard InChI is InChI=1S/C9H5BrF3IO2/c1-4(15)5-2-3-6(10)7(14)8(5)16-9(11,12)13/h2-3H,1H3. The molecular formula is C9H5BrF3IO2. The summed E-state index contributed by atoms with van der Waals surface area (Å²) in [6, 6.07) is 2.79. The van der Waals surface area contributed by atoms with Crippen molar-refractivity contribution in [3.8, 4) is 5.75 Å². The fourth-order valence-electron chi connectivity index (χ4n) is 1.02. The Morgan fingerprint density at radius 3 is 2.44 bits per heavy atom. The van der Waals surface area contributed by atoms with Crippen LogP contribution < -0.4 is 4.74 Å². The summed E-state index contributed by atoms with van der Waals surface area (Å²) in [4.78, 5) is 11.1. The van der Waals surface area contributed by atoms with E-state index >= 15 is 0 Å². The topological polar surface area (TPSA) is 26.3 Å². The van der Waals surface area contributed by atoms with Crippen LogP contribution in [0.15, 0.2) is 16.6 Å². The number of Topliss-reactive ketones (excluding diaryl/α,β-unsaturated/α-hetero) is 1. The average Bonchev–Trinajstić information content (AvgIpc) is 2.10. The van der Waals surface area contributed by atoms with Crippen molar-refractivity contribution in [2.45, 2.75) is 13.3 Å². The number of carbonyl (C=O) groups excluding carboxylic acids is 1. The summed E-state index contributed by atoms with van der Waals surface area (Å²) < 4.78 is 40.9. The summed E-state index contributed by atoms with van der Waals surface area (Å²) in [6.07, 6.45) is -4.81. The van der Waals surface area contributed by atoms with Gasteiger partial charge in [0.15, 0.2) is 11.5 Å². The zero-order valence-corrected chi connectivity index (χ0v) is 11.6. The first-order valence-corrected chi connectivity index (χ1v) is 5.84. The molecule has 7 heteroatoms. The molecule has 1 aromatic rings. The minimum absolute atomic E-state index is 0.0927. The molecule has 0 aromatic heterocycles. The predicted molar refractivity (Wildman–Crippen MR) is 63.5 cm³/mol. The van der Waals surface area contributed by atoms with Crippen molar-refractivity contribution in [2.24, 2.45) is 0 Å². The SMILES string of the molecule is CC(=O)c1ccc(Br)c(I)c1OC(F)(F)F. The molecule has 0 aliphatic heterocycles. The third-order valence-electron chi connectivity index (χ3n) is 1.65. The second-order valence-corrected chi connectivity index (χ2v) is 4.78. The largest absolute Gasteiger partial charge is 0.573 e. The van der Waals surface area contributed by atoms with E-state index in [1.54, 1.807) is 22.6 Å². The Kier molecular flexibility index (Phi) is 4.22. The summed E-state index contributed by atoms with van der Waals surface area (Å²) in [5.74, 6) is -0.945. The van der Waals surface area contributed by atoms with Crippen molar-refractivity contribution >= 4 is 44.3 Å². The van der Waals surface area contributed by atoms with Crippen molar-refractivity contribution in [1.82, 2.24) is 0 Å². The lowest BCUT2D eigenvalue weighted by atomic mass is 10.1. The fraction of sp³-hybridized carbons (Fsp3) is 0.222. The molecule has 0 aliphatic carbocycles. The van der Waals surface area contributed by atoms with Gasteiger partial charge in [-0.3, -0.25) is 4.79 Å². The molecule has 16 heavy (non-hydrogen) atoms. The van der Waals surface area contributed by atoms with Gasteiger partial charge >= 0.3 is 6.36 Å². The van der Waals surface area contributed by atoms with Gasteiger partial charge in [0.25, 0.3) is 0 Å². The Morgan fingerprint density at radius 2 is 2.00 bits per heavy atom. The number of hydrogen-bond donors (Lipinski definition) is 0. The van der Waals surface area contributed by atoms with E-state index < -0.39 is 17.9 Å². The summed E-state index contributed by atoms with van der Waals surface area (Å²) in [5, 5.41) is 0. The van der Waals surface area contributed by atoms with E-state index in [-0.39, 0.29) is 9.13 Å². The van der Waals surface area contributed by atoms with Gasteiger partial charge in [0.1, 0.15) is 0 Å². The highest BCUT2D eigenvalue weighted by Gasteiger charge is 2.34. The molecule has 0 radical (unpaired) electrons. The van der Waals surface area contributed by atoms with Crippen LogP contribution in [0.1, 0.15) is 17.3 Å². The number of hydrogen-bond acceptors (Lipinski definition) is 2. The molecule has 0 atom stereocenters. The fourth-order valence-corrected chi connectivity index (χ4v) is 1.92. The summed E-state index contributed by atoms with van der Waals surface area (Å²) in [7, 11) is 0. The van der Waals surface area contributed by atoms with Crippen LogP contribution in [0.3, 0.4) is 0 Å². The van der Waals surface area contributed by atoms with E-state index in [2.05, 4.69) is 20.7 Å². The van der Waals surface area contributed by atoms with E-state index in [9.17, 15) is 18.0 Å². The average molecular weight is 409 g/mol. The predicted octanol–water partition coefficient (Wildman–Crippen LogP) is 4.15. The van der Waals surface area contributed by atoms with Crippen LogP contribution in [-0.4, -0.2) is 12.1 Å². The van der Waals surface area contributed by atoms with Gasteiger partial charge in [-0.15, -0.1) is 13.2 Å². The molecule has 88 valence electrons. The number of ether oxygens (including phenoxy) is 1. The molecule has 0 bridgehead atoms. The molecule has 1 aromatic carbocycles. The van der Waals surface area contributed by atoms with Crippen molar-refractivity contribution < 1.29 is 22.7 Å². The molecular weight excluding hydrogens is 404 g/mol. The molecule has 1 rings (SSSR count). The van der Waals surface area contributed by atoms with Crippen LogP contribution >= 0.6 is 38.5 Å².